The van der Waals surface area contributed by atoms with Crippen LogP contribution < -0.4 is 5.32 Å². The molecule has 0 fully saturated rings. The van der Waals surface area contributed by atoms with Crippen molar-refractivity contribution in [3.8, 4) is 0 Å². The lowest BCUT2D eigenvalue weighted by atomic mass is 10.2. The van der Waals surface area contributed by atoms with Crippen molar-refractivity contribution in [2.75, 3.05) is 5.32 Å². The summed E-state index contributed by atoms with van der Waals surface area (Å²) in [5.41, 5.74) is 2.37. The highest BCUT2D eigenvalue weighted by Gasteiger charge is 2.08. The molecule has 0 unspecified atom stereocenters. The van der Waals surface area contributed by atoms with Crippen molar-refractivity contribution in [1.82, 2.24) is 0 Å². The molecule has 0 aliphatic carbocycles. The van der Waals surface area contributed by atoms with E-state index in [0.29, 0.717) is 11.4 Å². The molecule has 0 radical (unpaired) electrons. The minimum absolute atomic E-state index is 0.0983. The van der Waals surface area contributed by atoms with Crippen molar-refractivity contribution in [2.24, 2.45) is 0 Å². The number of hydrogen-bond acceptors (Lipinski definition) is 2. The summed E-state index contributed by atoms with van der Waals surface area (Å²) in [7, 11) is 0. The molecule has 1 N–H and O–H groups in total. The molecule has 0 aliphatic rings. The van der Waals surface area contributed by atoms with Crippen LogP contribution in [0.15, 0.2) is 41.1 Å². The van der Waals surface area contributed by atoms with Gasteiger partial charge in [-0.15, -0.1) is 11.6 Å². The molecule has 0 saturated heterocycles. The molecule has 4 heteroatoms. The molecule has 2 rings (SSSR count). The van der Waals surface area contributed by atoms with Gasteiger partial charge in [-0.3, -0.25) is 4.79 Å². The van der Waals surface area contributed by atoms with Gasteiger partial charge in [0.15, 0.2) is 0 Å². The molecule has 1 heterocycles. The van der Waals surface area contributed by atoms with E-state index in [-0.39, 0.29) is 5.91 Å². The number of benzene rings is 1. The lowest BCUT2D eigenvalue weighted by Crippen LogP contribution is -2.11. The number of rotatable bonds is 3. The van der Waals surface area contributed by atoms with Gasteiger partial charge in [0.25, 0.3) is 5.91 Å². The number of thiophene rings is 1. The topological polar surface area (TPSA) is 29.1 Å². The number of carbonyl (C=O) groups is 1. The molecular formula is C12H10ClNOS. The maximum Gasteiger partial charge on any atom is 0.256 e. The highest BCUT2D eigenvalue weighted by atomic mass is 35.5. The predicted molar refractivity (Wildman–Crippen MR) is 68.3 cm³/mol. The van der Waals surface area contributed by atoms with Crippen molar-refractivity contribution in [2.45, 2.75) is 5.88 Å². The highest BCUT2D eigenvalue weighted by molar-refractivity contribution is 7.08. The van der Waals surface area contributed by atoms with E-state index in [9.17, 15) is 4.79 Å². The van der Waals surface area contributed by atoms with Gasteiger partial charge in [0.2, 0.25) is 0 Å². The molecule has 16 heavy (non-hydrogen) atoms. The van der Waals surface area contributed by atoms with E-state index in [1.165, 1.54) is 11.3 Å². The zero-order valence-electron chi connectivity index (χ0n) is 8.44. The second-order valence-corrected chi connectivity index (χ2v) is 4.30. The molecule has 2 nitrogen and oxygen atoms in total. The fourth-order valence-corrected chi connectivity index (χ4v) is 2.22. The molecule has 2 aromatic rings. The molecule has 1 amide bonds. The zero-order valence-corrected chi connectivity index (χ0v) is 10.0. The number of carbonyl (C=O) groups excluding carboxylic acids is 1. The van der Waals surface area contributed by atoms with Crippen LogP contribution in [0.4, 0.5) is 5.69 Å². The summed E-state index contributed by atoms with van der Waals surface area (Å²) in [5.74, 6) is 0.291. The van der Waals surface area contributed by atoms with Crippen molar-refractivity contribution in [1.29, 1.82) is 0 Å². The maximum absolute atomic E-state index is 11.8. The van der Waals surface area contributed by atoms with E-state index in [2.05, 4.69) is 5.32 Å². The molecule has 0 bridgehead atoms. The number of hydrogen-bond donors (Lipinski definition) is 1. The Bertz CT molecular complexity index is 482. The Kier molecular flexibility index (Phi) is 3.59. The van der Waals surface area contributed by atoms with Gasteiger partial charge in [0, 0.05) is 16.9 Å². The van der Waals surface area contributed by atoms with Gasteiger partial charge in [-0.05, 0) is 23.1 Å². The monoisotopic (exact) mass is 251 g/mol. The fraction of sp³-hybridized carbons (Fsp3) is 0.0833. The second-order valence-electron chi connectivity index (χ2n) is 3.26. The normalized spacial score (nSPS) is 10.1. The van der Waals surface area contributed by atoms with Crippen molar-refractivity contribution in [3.63, 3.8) is 0 Å². The van der Waals surface area contributed by atoms with Crippen LogP contribution in [-0.4, -0.2) is 5.91 Å². The maximum atomic E-state index is 11.8. The van der Waals surface area contributed by atoms with Gasteiger partial charge in [0.1, 0.15) is 0 Å². The van der Waals surface area contributed by atoms with Crippen LogP contribution in [0.2, 0.25) is 0 Å². The van der Waals surface area contributed by atoms with Gasteiger partial charge in [-0.25, -0.2) is 0 Å². The molecular weight excluding hydrogens is 242 g/mol. The van der Waals surface area contributed by atoms with E-state index in [1.807, 2.05) is 35.0 Å². The molecule has 0 atom stereocenters. The van der Waals surface area contributed by atoms with Gasteiger partial charge in [-0.2, -0.15) is 11.3 Å². The average molecular weight is 252 g/mol. The number of amides is 1. The van der Waals surface area contributed by atoms with Crippen LogP contribution >= 0.6 is 22.9 Å². The molecule has 1 aromatic heterocycles. The van der Waals surface area contributed by atoms with Crippen molar-refractivity contribution >= 4 is 34.5 Å². The fourth-order valence-electron chi connectivity index (χ4n) is 1.35. The van der Waals surface area contributed by atoms with E-state index in [0.717, 1.165) is 11.3 Å². The SMILES string of the molecule is O=C(Nc1ccccc1CCl)c1ccsc1. The predicted octanol–water partition coefficient (Wildman–Crippen LogP) is 3.74. The van der Waals surface area contributed by atoms with E-state index >= 15 is 0 Å². The van der Waals surface area contributed by atoms with Gasteiger partial charge >= 0.3 is 0 Å². The smallest absolute Gasteiger partial charge is 0.256 e. The Morgan fingerprint density at radius 1 is 1.31 bits per heavy atom. The van der Waals surface area contributed by atoms with Crippen LogP contribution in [0, 0.1) is 0 Å². The van der Waals surface area contributed by atoms with Crippen LogP contribution in [-0.2, 0) is 5.88 Å². The van der Waals surface area contributed by atoms with Crippen molar-refractivity contribution in [3.05, 3.63) is 52.2 Å². The van der Waals surface area contributed by atoms with E-state index in [1.54, 1.807) is 6.07 Å². The number of nitrogens with one attached hydrogen (secondary N) is 1. The summed E-state index contributed by atoms with van der Waals surface area (Å²) < 4.78 is 0. The summed E-state index contributed by atoms with van der Waals surface area (Å²) in [6.45, 7) is 0. The van der Waals surface area contributed by atoms with Crippen LogP contribution in [0.1, 0.15) is 15.9 Å². The summed E-state index contributed by atoms with van der Waals surface area (Å²) in [5, 5.41) is 6.54. The second kappa shape index (κ2) is 5.14. The number of halogens is 1. The average Bonchev–Trinajstić information content (AvgIpc) is 2.83. The lowest BCUT2D eigenvalue weighted by Gasteiger charge is -2.07. The third kappa shape index (κ3) is 2.43. The molecule has 0 aliphatic heterocycles. The van der Waals surface area contributed by atoms with Crippen molar-refractivity contribution < 1.29 is 4.79 Å². The Morgan fingerprint density at radius 2 is 2.12 bits per heavy atom. The van der Waals surface area contributed by atoms with Crippen LogP contribution in [0.3, 0.4) is 0 Å². The molecule has 82 valence electrons. The van der Waals surface area contributed by atoms with E-state index < -0.39 is 0 Å². The summed E-state index contributed by atoms with van der Waals surface area (Å²) >= 11 is 7.29. The Labute approximate surface area is 103 Å². The van der Waals surface area contributed by atoms with Gasteiger partial charge in [0.05, 0.1) is 5.56 Å². The Hall–Kier alpha value is -1.32. The Balaban J connectivity index is 2.18. The summed E-state index contributed by atoms with van der Waals surface area (Å²) in [4.78, 5) is 11.8. The first-order valence-electron chi connectivity index (χ1n) is 4.78. The minimum atomic E-state index is -0.0983. The number of anilines is 1. The van der Waals surface area contributed by atoms with Gasteiger partial charge < -0.3 is 5.32 Å². The number of alkyl halides is 1. The quantitative estimate of drug-likeness (QED) is 0.828. The molecule has 0 saturated carbocycles. The first-order valence-corrected chi connectivity index (χ1v) is 6.26. The Morgan fingerprint density at radius 3 is 2.81 bits per heavy atom. The third-order valence-electron chi connectivity index (χ3n) is 2.19. The van der Waals surface area contributed by atoms with Gasteiger partial charge in [-0.1, -0.05) is 18.2 Å². The standard InChI is InChI=1S/C12H10ClNOS/c13-7-9-3-1-2-4-11(9)14-12(15)10-5-6-16-8-10/h1-6,8H,7H2,(H,14,15). The van der Waals surface area contributed by atoms with Crippen LogP contribution in [0.5, 0.6) is 0 Å². The summed E-state index contributed by atoms with van der Waals surface area (Å²) in [6, 6.07) is 9.32. The third-order valence-corrected chi connectivity index (χ3v) is 3.16. The minimum Gasteiger partial charge on any atom is -0.322 e. The summed E-state index contributed by atoms with van der Waals surface area (Å²) in [6.07, 6.45) is 0. The van der Waals surface area contributed by atoms with Crippen LogP contribution in [0.25, 0.3) is 0 Å². The largest absolute Gasteiger partial charge is 0.322 e. The molecule has 0 spiro atoms. The highest BCUT2D eigenvalue weighted by Crippen LogP contribution is 2.18. The van der Waals surface area contributed by atoms with E-state index in [4.69, 9.17) is 11.6 Å². The number of para-hydroxylation sites is 1. The lowest BCUT2D eigenvalue weighted by molar-refractivity contribution is 0.102. The first kappa shape index (κ1) is 11.2. The zero-order chi connectivity index (χ0) is 11.4. The first-order chi connectivity index (χ1) is 7.81. The molecule has 1 aromatic carbocycles.